The molecule has 1 aliphatic rings. The van der Waals surface area contributed by atoms with E-state index < -0.39 is 0 Å². The van der Waals surface area contributed by atoms with Gasteiger partial charge in [0.25, 0.3) is 0 Å². The molecule has 3 aromatic carbocycles. The van der Waals surface area contributed by atoms with E-state index in [4.69, 9.17) is 21.1 Å². The maximum Gasteiger partial charge on any atom is 0.231 e. The molecule has 2 N–H and O–H groups in total. The van der Waals surface area contributed by atoms with E-state index in [2.05, 4.69) is 59.9 Å². The van der Waals surface area contributed by atoms with Crippen LogP contribution in [0.2, 0.25) is 5.02 Å². The predicted molar refractivity (Wildman–Crippen MR) is 112 cm³/mol. The van der Waals surface area contributed by atoms with Crippen molar-refractivity contribution < 1.29 is 14.8 Å². The highest BCUT2D eigenvalue weighted by molar-refractivity contribution is 6.30. The molecule has 0 aromatic heterocycles. The lowest BCUT2D eigenvalue weighted by Gasteiger charge is -2.17. The van der Waals surface area contributed by atoms with Gasteiger partial charge in [-0.25, -0.2) is 0 Å². The molecule has 0 bridgehead atoms. The van der Waals surface area contributed by atoms with Crippen LogP contribution in [0.4, 0.5) is 0 Å². The van der Waals surface area contributed by atoms with Crippen LogP contribution in [0.5, 0.6) is 11.5 Å². The Balaban J connectivity index is 1.41. The highest BCUT2D eigenvalue weighted by Gasteiger charge is 2.19. The van der Waals surface area contributed by atoms with Crippen molar-refractivity contribution in [2.45, 2.75) is 25.3 Å². The molecule has 0 amide bonds. The minimum atomic E-state index is 0.316. The van der Waals surface area contributed by atoms with Gasteiger partial charge in [0.15, 0.2) is 11.5 Å². The van der Waals surface area contributed by atoms with E-state index >= 15 is 0 Å². The van der Waals surface area contributed by atoms with E-state index in [9.17, 15) is 0 Å². The summed E-state index contributed by atoms with van der Waals surface area (Å²) in [5, 5.41) is 3.16. The summed E-state index contributed by atoms with van der Waals surface area (Å²) in [4.78, 5) is 0. The highest BCUT2D eigenvalue weighted by Crippen LogP contribution is 2.36. The third kappa shape index (κ3) is 4.86. The van der Waals surface area contributed by atoms with Crippen molar-refractivity contribution in [3.63, 3.8) is 0 Å². The molecule has 4 heteroatoms. The summed E-state index contributed by atoms with van der Waals surface area (Å²) in [5.74, 6) is 2.15. The lowest BCUT2D eigenvalue weighted by atomic mass is 9.89. The molecule has 0 saturated heterocycles. The van der Waals surface area contributed by atoms with Crippen LogP contribution >= 0.6 is 11.6 Å². The number of nitrogens with two attached hydrogens (primary N) is 1. The fraction of sp³-hybridized carbons (Fsp3) is 0.250. The van der Waals surface area contributed by atoms with Gasteiger partial charge >= 0.3 is 0 Å². The number of benzene rings is 3. The molecule has 0 spiro atoms. The summed E-state index contributed by atoms with van der Waals surface area (Å²) in [6.07, 6.45) is 2.12. The minimum Gasteiger partial charge on any atom is -0.454 e. The number of ether oxygens (including phenoxy) is 2. The molecular formula is C24H25ClNO2+. The van der Waals surface area contributed by atoms with E-state index in [-0.39, 0.29) is 0 Å². The van der Waals surface area contributed by atoms with E-state index in [1.165, 1.54) is 16.7 Å². The van der Waals surface area contributed by atoms with Crippen LogP contribution in [0.15, 0.2) is 72.8 Å². The summed E-state index contributed by atoms with van der Waals surface area (Å²) in [6, 6.07) is 25.2. The van der Waals surface area contributed by atoms with Gasteiger partial charge in [-0.1, -0.05) is 60.1 Å². The fourth-order valence-electron chi connectivity index (χ4n) is 3.66. The van der Waals surface area contributed by atoms with Gasteiger partial charge < -0.3 is 14.8 Å². The standard InChI is InChI=1S/C24H24ClNO2/c25-22-9-6-19(7-10-22)16-26-13-12-21(14-18-4-2-1-3-5-18)20-8-11-23-24(15-20)28-17-27-23/h1-11,15,21,26H,12-14,16-17H2/p+1/t21-/m1/s1. The molecule has 1 atom stereocenters. The van der Waals surface area contributed by atoms with E-state index in [0.29, 0.717) is 12.7 Å². The van der Waals surface area contributed by atoms with Gasteiger partial charge in [0.1, 0.15) is 6.54 Å². The van der Waals surface area contributed by atoms with Gasteiger partial charge in [-0.15, -0.1) is 0 Å². The smallest absolute Gasteiger partial charge is 0.231 e. The molecule has 28 heavy (non-hydrogen) atoms. The Morgan fingerprint density at radius 1 is 0.857 bits per heavy atom. The summed E-state index contributed by atoms with van der Waals surface area (Å²) in [6.45, 7) is 2.35. The summed E-state index contributed by atoms with van der Waals surface area (Å²) in [7, 11) is 0. The van der Waals surface area contributed by atoms with Crippen LogP contribution < -0.4 is 14.8 Å². The number of quaternary nitrogens is 1. The van der Waals surface area contributed by atoms with Gasteiger partial charge in [0, 0.05) is 17.0 Å². The second kappa shape index (κ2) is 9.13. The van der Waals surface area contributed by atoms with E-state index in [0.717, 1.165) is 42.5 Å². The third-order valence-corrected chi connectivity index (χ3v) is 5.46. The van der Waals surface area contributed by atoms with Crippen molar-refractivity contribution in [1.82, 2.24) is 0 Å². The summed E-state index contributed by atoms with van der Waals surface area (Å²) in [5.41, 5.74) is 3.97. The Morgan fingerprint density at radius 3 is 2.46 bits per heavy atom. The number of fused-ring (bicyclic) bond motifs is 1. The van der Waals surface area contributed by atoms with Crippen LogP contribution in [0.25, 0.3) is 0 Å². The molecule has 0 aliphatic carbocycles. The molecule has 144 valence electrons. The molecule has 0 fully saturated rings. The molecule has 1 aliphatic heterocycles. The Labute approximate surface area is 171 Å². The monoisotopic (exact) mass is 394 g/mol. The molecular weight excluding hydrogens is 370 g/mol. The minimum absolute atomic E-state index is 0.316. The molecule has 0 radical (unpaired) electrons. The highest BCUT2D eigenvalue weighted by atomic mass is 35.5. The first-order chi connectivity index (χ1) is 13.8. The number of hydrogen-bond donors (Lipinski definition) is 1. The van der Waals surface area contributed by atoms with Gasteiger partial charge in [-0.05, 0) is 47.7 Å². The van der Waals surface area contributed by atoms with Crippen molar-refractivity contribution in [3.8, 4) is 11.5 Å². The van der Waals surface area contributed by atoms with E-state index in [1.807, 2.05) is 18.2 Å². The Morgan fingerprint density at radius 2 is 1.64 bits per heavy atom. The molecule has 0 saturated carbocycles. The third-order valence-electron chi connectivity index (χ3n) is 5.21. The van der Waals surface area contributed by atoms with Crippen LogP contribution in [0.3, 0.4) is 0 Å². The lowest BCUT2D eigenvalue weighted by Crippen LogP contribution is -2.82. The largest absolute Gasteiger partial charge is 0.454 e. The van der Waals surface area contributed by atoms with Crippen molar-refractivity contribution >= 4 is 11.6 Å². The van der Waals surface area contributed by atoms with Crippen molar-refractivity contribution in [2.75, 3.05) is 13.3 Å². The van der Waals surface area contributed by atoms with Crippen LogP contribution in [0.1, 0.15) is 29.0 Å². The van der Waals surface area contributed by atoms with Gasteiger partial charge in [-0.2, -0.15) is 0 Å². The first kappa shape index (κ1) is 18.9. The second-order valence-corrected chi connectivity index (χ2v) is 7.63. The summed E-state index contributed by atoms with van der Waals surface area (Å²) < 4.78 is 11.1. The molecule has 1 heterocycles. The first-order valence-electron chi connectivity index (χ1n) is 9.77. The first-order valence-corrected chi connectivity index (χ1v) is 10.2. The Kier molecular flexibility index (Phi) is 6.15. The number of halogens is 1. The quantitative estimate of drug-likeness (QED) is 0.569. The average molecular weight is 395 g/mol. The van der Waals surface area contributed by atoms with Crippen LogP contribution in [-0.2, 0) is 13.0 Å². The SMILES string of the molecule is Clc1ccc(C[NH2+]CC[C@H](Cc2ccccc2)c2ccc3c(c2)OCO3)cc1. The van der Waals surface area contributed by atoms with Crippen molar-refractivity contribution in [1.29, 1.82) is 0 Å². The van der Waals surface area contributed by atoms with Crippen LogP contribution in [0, 0.1) is 0 Å². The van der Waals surface area contributed by atoms with Crippen LogP contribution in [-0.4, -0.2) is 13.3 Å². The second-order valence-electron chi connectivity index (χ2n) is 7.20. The zero-order valence-electron chi connectivity index (χ0n) is 15.8. The van der Waals surface area contributed by atoms with Gasteiger partial charge in [0.05, 0.1) is 6.54 Å². The normalized spacial score (nSPS) is 13.5. The predicted octanol–water partition coefficient (Wildman–Crippen LogP) is 4.55. The van der Waals surface area contributed by atoms with Gasteiger partial charge in [-0.3, -0.25) is 0 Å². The summed E-state index contributed by atoms with van der Waals surface area (Å²) >= 11 is 5.97. The molecule has 3 nitrogen and oxygen atoms in total. The maximum absolute atomic E-state index is 5.97. The van der Waals surface area contributed by atoms with Crippen molar-refractivity contribution in [3.05, 3.63) is 94.5 Å². The Bertz CT molecular complexity index is 896. The number of rotatable bonds is 8. The molecule has 0 unspecified atom stereocenters. The fourth-order valence-corrected chi connectivity index (χ4v) is 3.79. The molecule has 4 rings (SSSR count). The zero-order chi connectivity index (χ0) is 19.2. The van der Waals surface area contributed by atoms with Crippen molar-refractivity contribution in [2.24, 2.45) is 0 Å². The zero-order valence-corrected chi connectivity index (χ0v) is 16.6. The lowest BCUT2D eigenvalue weighted by molar-refractivity contribution is -0.671. The van der Waals surface area contributed by atoms with Gasteiger partial charge in [0.2, 0.25) is 6.79 Å². The maximum atomic E-state index is 5.97. The molecule has 3 aromatic rings. The average Bonchev–Trinajstić information content (AvgIpc) is 3.20. The topological polar surface area (TPSA) is 35.1 Å². The Hall–Kier alpha value is -2.49. The van der Waals surface area contributed by atoms with E-state index in [1.54, 1.807) is 0 Å². The number of hydrogen-bond acceptors (Lipinski definition) is 2.